The predicted octanol–water partition coefficient (Wildman–Crippen LogP) is 2.40. The van der Waals surface area contributed by atoms with Gasteiger partial charge in [-0.25, -0.2) is 0 Å². The number of carboxylic acids is 1. The largest absolute Gasteiger partial charge is 0.481 e. The van der Waals surface area contributed by atoms with Crippen LogP contribution in [0.5, 0.6) is 0 Å². The van der Waals surface area contributed by atoms with E-state index >= 15 is 0 Å². The van der Waals surface area contributed by atoms with Crippen LogP contribution in [0.1, 0.15) is 38.7 Å². The Morgan fingerprint density at radius 2 is 2.00 bits per heavy atom. The summed E-state index contributed by atoms with van der Waals surface area (Å²) < 4.78 is 0. The lowest BCUT2D eigenvalue weighted by molar-refractivity contribution is -0.139. The minimum atomic E-state index is -0.915. The third-order valence-electron chi connectivity index (χ3n) is 3.55. The molecule has 118 valence electrons. The van der Waals surface area contributed by atoms with Crippen molar-refractivity contribution >= 4 is 29.2 Å². The molecular formula is C16H20N2O4. The molecule has 2 rings (SSSR count). The predicted molar refractivity (Wildman–Crippen MR) is 82.7 cm³/mol. The van der Waals surface area contributed by atoms with Gasteiger partial charge in [0.05, 0.1) is 6.42 Å². The van der Waals surface area contributed by atoms with E-state index in [9.17, 15) is 14.4 Å². The number of carboxylic acid groups (broad SMARTS) is 1. The maximum absolute atomic E-state index is 12.1. The van der Waals surface area contributed by atoms with Crippen LogP contribution < -0.4 is 10.6 Å². The molecule has 0 aliphatic carbocycles. The van der Waals surface area contributed by atoms with Crippen molar-refractivity contribution < 1.29 is 19.5 Å². The van der Waals surface area contributed by atoms with Gasteiger partial charge in [-0.3, -0.25) is 14.4 Å². The lowest BCUT2D eigenvalue weighted by Gasteiger charge is -2.22. The minimum Gasteiger partial charge on any atom is -0.481 e. The Balaban J connectivity index is 2.00. The highest BCUT2D eigenvalue weighted by atomic mass is 16.4. The Morgan fingerprint density at radius 3 is 2.68 bits per heavy atom. The van der Waals surface area contributed by atoms with Gasteiger partial charge >= 0.3 is 5.97 Å². The normalized spacial score (nSPS) is 14.0. The molecule has 0 bridgehead atoms. The molecule has 0 saturated heterocycles. The summed E-state index contributed by atoms with van der Waals surface area (Å²) in [4.78, 5) is 34.1. The zero-order chi connectivity index (χ0) is 16.3. The standard InChI is InChI=1S/C16H20N2O4/c1-16(2,9-15(21)22)8-14(20)17-11-4-5-12-10(7-11)3-6-13(19)18-12/h4-5,7H,3,6,8-9H2,1-2H3,(H,17,20)(H,18,19)(H,21,22). The van der Waals surface area contributed by atoms with Gasteiger partial charge in [0.25, 0.3) is 0 Å². The fraction of sp³-hybridized carbons (Fsp3) is 0.438. The number of nitrogens with one attached hydrogen (secondary N) is 2. The Labute approximate surface area is 128 Å². The smallest absolute Gasteiger partial charge is 0.303 e. The van der Waals surface area contributed by atoms with Crippen molar-refractivity contribution in [1.82, 2.24) is 0 Å². The molecule has 1 heterocycles. The van der Waals surface area contributed by atoms with Gasteiger partial charge in [-0.1, -0.05) is 13.8 Å². The number of anilines is 2. The van der Waals surface area contributed by atoms with Gasteiger partial charge in [0.1, 0.15) is 0 Å². The van der Waals surface area contributed by atoms with E-state index in [4.69, 9.17) is 5.11 Å². The zero-order valence-electron chi connectivity index (χ0n) is 12.7. The van der Waals surface area contributed by atoms with Crippen LogP contribution in [0.3, 0.4) is 0 Å². The number of aryl methyl sites for hydroxylation is 1. The van der Waals surface area contributed by atoms with Crippen LogP contribution in [0.4, 0.5) is 11.4 Å². The molecule has 1 aromatic rings. The molecule has 0 aromatic heterocycles. The van der Waals surface area contributed by atoms with Crippen molar-refractivity contribution in [3.63, 3.8) is 0 Å². The third kappa shape index (κ3) is 4.31. The van der Waals surface area contributed by atoms with E-state index in [0.717, 1.165) is 11.3 Å². The summed E-state index contributed by atoms with van der Waals surface area (Å²) >= 11 is 0. The molecular weight excluding hydrogens is 284 g/mol. The maximum Gasteiger partial charge on any atom is 0.303 e. The lowest BCUT2D eigenvalue weighted by atomic mass is 9.85. The molecule has 0 radical (unpaired) electrons. The van der Waals surface area contributed by atoms with Gasteiger partial charge in [0.2, 0.25) is 11.8 Å². The van der Waals surface area contributed by atoms with Gasteiger partial charge in [0.15, 0.2) is 0 Å². The molecule has 0 fully saturated rings. The van der Waals surface area contributed by atoms with Crippen LogP contribution in [0, 0.1) is 5.41 Å². The Kier molecular flexibility index (Phi) is 4.49. The van der Waals surface area contributed by atoms with E-state index in [-0.39, 0.29) is 24.7 Å². The van der Waals surface area contributed by atoms with E-state index < -0.39 is 11.4 Å². The van der Waals surface area contributed by atoms with Crippen LogP contribution in [-0.4, -0.2) is 22.9 Å². The second kappa shape index (κ2) is 6.17. The van der Waals surface area contributed by atoms with Gasteiger partial charge in [-0.05, 0) is 35.6 Å². The van der Waals surface area contributed by atoms with Crippen molar-refractivity contribution in [2.24, 2.45) is 5.41 Å². The van der Waals surface area contributed by atoms with E-state index in [1.54, 1.807) is 26.0 Å². The number of benzene rings is 1. The molecule has 0 saturated carbocycles. The Hall–Kier alpha value is -2.37. The van der Waals surface area contributed by atoms with Crippen LogP contribution in [0.25, 0.3) is 0 Å². The van der Waals surface area contributed by atoms with Gasteiger partial charge in [-0.15, -0.1) is 0 Å². The fourth-order valence-electron chi connectivity index (χ4n) is 2.57. The quantitative estimate of drug-likeness (QED) is 0.778. The molecule has 1 aliphatic heterocycles. The molecule has 2 amide bonds. The molecule has 6 nitrogen and oxygen atoms in total. The Bertz CT molecular complexity index is 623. The summed E-state index contributed by atoms with van der Waals surface area (Å²) in [5.74, 6) is -1.13. The van der Waals surface area contributed by atoms with E-state index in [1.807, 2.05) is 6.07 Å². The number of carbonyl (C=O) groups is 3. The number of fused-ring (bicyclic) bond motifs is 1. The first kappa shape index (κ1) is 16.0. The van der Waals surface area contributed by atoms with Crippen molar-refractivity contribution in [1.29, 1.82) is 0 Å². The van der Waals surface area contributed by atoms with Gasteiger partial charge in [-0.2, -0.15) is 0 Å². The molecule has 1 aliphatic rings. The van der Waals surface area contributed by atoms with Crippen molar-refractivity contribution in [3.8, 4) is 0 Å². The van der Waals surface area contributed by atoms with Crippen molar-refractivity contribution in [3.05, 3.63) is 23.8 Å². The first-order valence-electron chi connectivity index (χ1n) is 7.20. The molecule has 22 heavy (non-hydrogen) atoms. The number of hydrogen-bond acceptors (Lipinski definition) is 3. The summed E-state index contributed by atoms with van der Waals surface area (Å²) in [7, 11) is 0. The monoisotopic (exact) mass is 304 g/mol. The molecule has 0 spiro atoms. The molecule has 0 unspecified atom stereocenters. The average molecular weight is 304 g/mol. The maximum atomic E-state index is 12.1. The summed E-state index contributed by atoms with van der Waals surface area (Å²) in [5.41, 5.74) is 1.83. The van der Waals surface area contributed by atoms with Crippen LogP contribution in [0.15, 0.2) is 18.2 Å². The molecule has 3 N–H and O–H groups in total. The van der Waals surface area contributed by atoms with Crippen LogP contribution in [0.2, 0.25) is 0 Å². The van der Waals surface area contributed by atoms with E-state index in [0.29, 0.717) is 18.5 Å². The second-order valence-electron chi connectivity index (χ2n) is 6.38. The number of rotatable bonds is 5. The summed E-state index contributed by atoms with van der Waals surface area (Å²) in [6.45, 7) is 3.51. The van der Waals surface area contributed by atoms with Crippen molar-refractivity contribution in [2.45, 2.75) is 39.5 Å². The van der Waals surface area contributed by atoms with Crippen LogP contribution in [-0.2, 0) is 20.8 Å². The van der Waals surface area contributed by atoms with Gasteiger partial charge in [0, 0.05) is 24.2 Å². The summed E-state index contributed by atoms with van der Waals surface area (Å²) in [6, 6.07) is 5.34. The topological polar surface area (TPSA) is 95.5 Å². The van der Waals surface area contributed by atoms with Crippen LogP contribution >= 0.6 is 0 Å². The first-order valence-corrected chi connectivity index (χ1v) is 7.20. The number of carbonyl (C=O) groups excluding carboxylic acids is 2. The first-order chi connectivity index (χ1) is 10.2. The highest BCUT2D eigenvalue weighted by Gasteiger charge is 2.25. The average Bonchev–Trinajstić information content (AvgIpc) is 2.36. The second-order valence-corrected chi connectivity index (χ2v) is 6.38. The number of hydrogen-bond donors (Lipinski definition) is 3. The molecule has 6 heteroatoms. The molecule has 0 atom stereocenters. The van der Waals surface area contributed by atoms with E-state index in [2.05, 4.69) is 10.6 Å². The lowest BCUT2D eigenvalue weighted by Crippen LogP contribution is -2.25. The number of aliphatic carboxylic acids is 1. The van der Waals surface area contributed by atoms with E-state index in [1.165, 1.54) is 0 Å². The zero-order valence-corrected chi connectivity index (χ0v) is 12.7. The van der Waals surface area contributed by atoms with Crippen molar-refractivity contribution in [2.75, 3.05) is 10.6 Å². The third-order valence-corrected chi connectivity index (χ3v) is 3.55. The Morgan fingerprint density at radius 1 is 1.27 bits per heavy atom. The molecule has 1 aromatic carbocycles. The van der Waals surface area contributed by atoms with Gasteiger partial charge < -0.3 is 15.7 Å². The highest BCUT2D eigenvalue weighted by molar-refractivity contribution is 5.95. The minimum absolute atomic E-state index is 0.000272. The SMILES string of the molecule is CC(C)(CC(=O)O)CC(=O)Nc1ccc2c(c1)CCC(=O)N2. The summed E-state index contributed by atoms with van der Waals surface area (Å²) in [5, 5.41) is 14.4. The summed E-state index contributed by atoms with van der Waals surface area (Å²) in [6.07, 6.45) is 1.16. The fourth-order valence-corrected chi connectivity index (χ4v) is 2.57. The highest BCUT2D eigenvalue weighted by Crippen LogP contribution is 2.28. The number of amides is 2.